The van der Waals surface area contributed by atoms with E-state index in [1.54, 1.807) is 7.11 Å². The average Bonchev–Trinajstić information content (AvgIpc) is 2.92. The summed E-state index contributed by atoms with van der Waals surface area (Å²) >= 11 is 0. The molecular weight excluding hydrogens is 238 g/mol. The maximum absolute atomic E-state index is 10.7. The van der Waals surface area contributed by atoms with E-state index in [-0.39, 0.29) is 6.04 Å². The summed E-state index contributed by atoms with van der Waals surface area (Å²) in [6, 6.07) is 7.97. The van der Waals surface area contributed by atoms with Crippen molar-refractivity contribution >= 4 is 0 Å². The molecule has 1 aliphatic heterocycles. The molecule has 0 saturated carbocycles. The van der Waals surface area contributed by atoms with Crippen molar-refractivity contribution in [3.63, 3.8) is 0 Å². The lowest BCUT2D eigenvalue weighted by Crippen LogP contribution is -2.41. The van der Waals surface area contributed by atoms with Gasteiger partial charge in [0.2, 0.25) is 0 Å². The summed E-state index contributed by atoms with van der Waals surface area (Å²) in [6.07, 6.45) is 2.07. The quantitative estimate of drug-likeness (QED) is 0.886. The van der Waals surface area contributed by atoms with E-state index in [1.807, 2.05) is 24.3 Å². The number of benzene rings is 1. The van der Waals surface area contributed by atoms with Gasteiger partial charge in [0.15, 0.2) is 0 Å². The van der Waals surface area contributed by atoms with Gasteiger partial charge in [-0.3, -0.25) is 4.90 Å². The second kappa shape index (κ2) is 6.40. The van der Waals surface area contributed by atoms with Gasteiger partial charge in [0, 0.05) is 6.04 Å². The zero-order chi connectivity index (χ0) is 13.8. The Kier molecular flexibility index (Phi) is 4.83. The lowest BCUT2D eigenvalue weighted by Gasteiger charge is -2.35. The number of hydrogen-bond donors (Lipinski definition) is 1. The minimum Gasteiger partial charge on any atom is -0.497 e. The summed E-state index contributed by atoms with van der Waals surface area (Å²) in [7, 11) is 1.66. The fraction of sp³-hybridized carbons (Fsp3) is 0.625. The lowest BCUT2D eigenvalue weighted by atomic mass is 9.92. The van der Waals surface area contributed by atoms with Gasteiger partial charge in [-0.2, -0.15) is 0 Å². The predicted octanol–water partition coefficient (Wildman–Crippen LogP) is 2.85. The Hall–Kier alpha value is -1.06. The van der Waals surface area contributed by atoms with Crippen molar-refractivity contribution in [2.75, 3.05) is 20.2 Å². The van der Waals surface area contributed by atoms with Crippen molar-refractivity contribution in [2.45, 2.75) is 38.8 Å². The van der Waals surface area contributed by atoms with Crippen LogP contribution in [0.3, 0.4) is 0 Å². The van der Waals surface area contributed by atoms with Gasteiger partial charge < -0.3 is 9.84 Å². The Balaban J connectivity index is 2.15. The number of hydrogen-bond acceptors (Lipinski definition) is 3. The molecular formula is C16H25NO2. The van der Waals surface area contributed by atoms with E-state index in [0.717, 1.165) is 24.4 Å². The molecule has 1 aromatic rings. The van der Waals surface area contributed by atoms with Crippen molar-refractivity contribution in [3.05, 3.63) is 29.8 Å². The first kappa shape index (κ1) is 14.4. The van der Waals surface area contributed by atoms with Crippen LogP contribution < -0.4 is 4.74 Å². The molecule has 2 rings (SSSR count). The van der Waals surface area contributed by atoms with E-state index in [9.17, 15) is 5.11 Å². The Labute approximate surface area is 116 Å². The molecule has 1 saturated heterocycles. The number of rotatable bonds is 5. The van der Waals surface area contributed by atoms with E-state index in [4.69, 9.17) is 4.74 Å². The van der Waals surface area contributed by atoms with Gasteiger partial charge in [0.05, 0.1) is 13.2 Å². The van der Waals surface area contributed by atoms with Crippen LogP contribution >= 0.6 is 0 Å². The first-order chi connectivity index (χ1) is 9.13. The molecule has 1 fully saturated rings. The van der Waals surface area contributed by atoms with Gasteiger partial charge in [0.25, 0.3) is 0 Å². The maximum Gasteiger partial charge on any atom is 0.118 e. The van der Waals surface area contributed by atoms with Gasteiger partial charge in [-0.05, 0) is 49.5 Å². The third kappa shape index (κ3) is 3.28. The number of nitrogens with zero attached hydrogens (tertiary/aromatic N) is 1. The molecule has 0 unspecified atom stereocenters. The number of likely N-dealkylation sites (tertiary alicyclic amines) is 1. The Morgan fingerprint density at radius 3 is 2.16 bits per heavy atom. The molecule has 0 radical (unpaired) electrons. The number of ether oxygens (including phenoxy) is 1. The lowest BCUT2D eigenvalue weighted by molar-refractivity contribution is 0.0351. The average molecular weight is 263 g/mol. The standard InChI is InChI=1S/C16H25NO2/c1-12(2)15(17-10-4-5-11-17)16(18)13-6-8-14(19-3)9-7-13/h6-9,12,15-16,18H,4-5,10-11H2,1-3H3/t15-,16-/m0/s1. The number of methoxy groups -OCH3 is 1. The molecule has 0 aromatic heterocycles. The van der Waals surface area contributed by atoms with Crippen LogP contribution in [0.1, 0.15) is 38.4 Å². The third-order valence-corrected chi connectivity index (χ3v) is 4.03. The SMILES string of the molecule is COc1ccc([C@H](O)[C@H](C(C)C)N2CCCC2)cc1. The van der Waals surface area contributed by atoms with E-state index in [0.29, 0.717) is 5.92 Å². The van der Waals surface area contributed by atoms with Crippen molar-refractivity contribution < 1.29 is 9.84 Å². The van der Waals surface area contributed by atoms with Gasteiger partial charge >= 0.3 is 0 Å². The molecule has 0 spiro atoms. The Bertz CT molecular complexity index is 382. The monoisotopic (exact) mass is 263 g/mol. The zero-order valence-corrected chi connectivity index (χ0v) is 12.2. The van der Waals surface area contributed by atoms with Crippen LogP contribution in [0, 0.1) is 5.92 Å². The highest BCUT2D eigenvalue weighted by molar-refractivity contribution is 5.29. The Morgan fingerprint density at radius 1 is 1.11 bits per heavy atom. The van der Waals surface area contributed by atoms with Crippen LogP contribution in [0.4, 0.5) is 0 Å². The van der Waals surface area contributed by atoms with Crippen LogP contribution in [0.15, 0.2) is 24.3 Å². The predicted molar refractivity (Wildman–Crippen MR) is 77.4 cm³/mol. The summed E-state index contributed by atoms with van der Waals surface area (Å²) in [5.74, 6) is 1.27. The summed E-state index contributed by atoms with van der Waals surface area (Å²) in [6.45, 7) is 6.59. The van der Waals surface area contributed by atoms with Crippen LogP contribution in [0.2, 0.25) is 0 Å². The molecule has 0 bridgehead atoms. The van der Waals surface area contributed by atoms with Gasteiger partial charge in [-0.25, -0.2) is 0 Å². The van der Waals surface area contributed by atoms with Crippen molar-refractivity contribution in [1.29, 1.82) is 0 Å². The van der Waals surface area contributed by atoms with Crippen LogP contribution in [-0.4, -0.2) is 36.2 Å². The van der Waals surface area contributed by atoms with E-state index >= 15 is 0 Å². The largest absolute Gasteiger partial charge is 0.497 e. The molecule has 1 aliphatic rings. The molecule has 0 amide bonds. The Morgan fingerprint density at radius 2 is 1.68 bits per heavy atom. The minimum atomic E-state index is -0.427. The molecule has 1 N–H and O–H groups in total. The van der Waals surface area contributed by atoms with Gasteiger partial charge in [-0.15, -0.1) is 0 Å². The highest BCUT2D eigenvalue weighted by Gasteiger charge is 2.31. The number of aliphatic hydroxyl groups excluding tert-OH is 1. The van der Waals surface area contributed by atoms with E-state index in [2.05, 4.69) is 18.7 Å². The molecule has 0 aliphatic carbocycles. The normalized spacial score (nSPS) is 19.6. The van der Waals surface area contributed by atoms with Crippen LogP contribution in [-0.2, 0) is 0 Å². The minimum absolute atomic E-state index is 0.205. The summed E-state index contributed by atoms with van der Waals surface area (Å²) in [5, 5.41) is 10.7. The van der Waals surface area contributed by atoms with Gasteiger partial charge in [0.1, 0.15) is 5.75 Å². The molecule has 1 aromatic carbocycles. The fourth-order valence-corrected chi connectivity index (χ4v) is 3.02. The third-order valence-electron chi connectivity index (χ3n) is 4.03. The molecule has 19 heavy (non-hydrogen) atoms. The van der Waals surface area contributed by atoms with Crippen molar-refractivity contribution in [2.24, 2.45) is 5.92 Å². The van der Waals surface area contributed by atoms with Crippen molar-refractivity contribution in [1.82, 2.24) is 4.90 Å². The molecule has 106 valence electrons. The van der Waals surface area contributed by atoms with E-state index in [1.165, 1.54) is 12.8 Å². The summed E-state index contributed by atoms with van der Waals surface area (Å²) in [5.41, 5.74) is 0.978. The first-order valence-electron chi connectivity index (χ1n) is 7.19. The highest BCUT2D eigenvalue weighted by atomic mass is 16.5. The smallest absolute Gasteiger partial charge is 0.118 e. The molecule has 2 atom stereocenters. The topological polar surface area (TPSA) is 32.7 Å². The van der Waals surface area contributed by atoms with Crippen LogP contribution in [0.25, 0.3) is 0 Å². The van der Waals surface area contributed by atoms with E-state index < -0.39 is 6.10 Å². The molecule has 3 heteroatoms. The summed E-state index contributed by atoms with van der Waals surface area (Å²) in [4.78, 5) is 2.43. The highest BCUT2D eigenvalue weighted by Crippen LogP contribution is 2.30. The fourth-order valence-electron chi connectivity index (χ4n) is 3.02. The second-order valence-electron chi connectivity index (χ2n) is 5.70. The second-order valence-corrected chi connectivity index (χ2v) is 5.70. The first-order valence-corrected chi connectivity index (χ1v) is 7.19. The zero-order valence-electron chi connectivity index (χ0n) is 12.2. The maximum atomic E-state index is 10.7. The molecule has 1 heterocycles. The van der Waals surface area contributed by atoms with Gasteiger partial charge in [-0.1, -0.05) is 26.0 Å². The van der Waals surface area contributed by atoms with Crippen LogP contribution in [0.5, 0.6) is 5.75 Å². The van der Waals surface area contributed by atoms with Crippen molar-refractivity contribution in [3.8, 4) is 5.75 Å². The molecule has 3 nitrogen and oxygen atoms in total. The number of aliphatic hydroxyl groups is 1. The summed E-state index contributed by atoms with van der Waals surface area (Å²) < 4.78 is 5.16.